The van der Waals surface area contributed by atoms with Gasteiger partial charge in [0.05, 0.1) is 23.8 Å². The van der Waals surface area contributed by atoms with Gasteiger partial charge < -0.3 is 0 Å². The van der Waals surface area contributed by atoms with Crippen LogP contribution < -0.4 is 9.67 Å². The van der Waals surface area contributed by atoms with Crippen LogP contribution in [0.4, 0.5) is 0 Å². The zero-order valence-electron chi connectivity index (χ0n) is 11.7. The summed E-state index contributed by atoms with van der Waals surface area (Å²) in [4.78, 5) is 20.2. The van der Waals surface area contributed by atoms with Gasteiger partial charge in [0.2, 0.25) is 4.80 Å². The van der Waals surface area contributed by atoms with Gasteiger partial charge in [-0.3, -0.25) is 14.8 Å². The van der Waals surface area contributed by atoms with E-state index in [1.165, 1.54) is 27.4 Å². The van der Waals surface area contributed by atoms with Crippen molar-refractivity contribution in [3.05, 3.63) is 74.6 Å². The predicted octanol–water partition coefficient (Wildman–Crippen LogP) is 1.58. The molecule has 0 aromatic carbocycles. The first-order chi connectivity index (χ1) is 11.3. The lowest BCUT2D eigenvalue weighted by molar-refractivity contribution is 0.807. The van der Waals surface area contributed by atoms with Gasteiger partial charge >= 0.3 is 4.87 Å². The third-order valence-electron chi connectivity index (χ3n) is 2.56. The van der Waals surface area contributed by atoms with Gasteiger partial charge in [-0.05, 0) is 44.9 Å². The number of pyridine rings is 2. The molecule has 0 radical (unpaired) electrons. The van der Waals surface area contributed by atoms with Crippen LogP contribution in [-0.4, -0.2) is 27.1 Å². The maximum absolute atomic E-state index is 11.8. The van der Waals surface area contributed by atoms with Crippen LogP contribution in [-0.2, 0) is 0 Å². The second-order valence-electron chi connectivity index (χ2n) is 4.13. The minimum absolute atomic E-state index is 0.228. The van der Waals surface area contributed by atoms with Crippen molar-refractivity contribution in [2.45, 2.75) is 0 Å². The van der Waals surface area contributed by atoms with Crippen molar-refractivity contribution in [3.8, 4) is 0 Å². The van der Waals surface area contributed by atoms with Crippen LogP contribution in [0.5, 0.6) is 0 Å². The first-order valence-electron chi connectivity index (χ1n) is 6.48. The topological polar surface area (TPSA) is 84.9 Å². The second kappa shape index (κ2) is 7.47. The summed E-state index contributed by atoms with van der Waals surface area (Å²) >= 11 is 0. The monoisotopic (exact) mass is 342 g/mol. The zero-order chi connectivity index (χ0) is 15.9. The van der Waals surface area contributed by atoms with E-state index in [2.05, 4.69) is 25.3 Å². The van der Waals surface area contributed by atoms with Gasteiger partial charge in [-0.25, -0.2) is 0 Å². The Hall–Kier alpha value is -2.78. The number of aromatic nitrogens is 3. The Morgan fingerprint density at radius 3 is 2.30 bits per heavy atom. The van der Waals surface area contributed by atoms with Crippen LogP contribution in [0.2, 0.25) is 0 Å². The van der Waals surface area contributed by atoms with Crippen molar-refractivity contribution in [2.24, 2.45) is 15.3 Å². The van der Waals surface area contributed by atoms with E-state index in [1.807, 2.05) is 30.3 Å². The second-order valence-corrected chi connectivity index (χ2v) is 6.17. The number of hydrogen-bond donors (Lipinski definition) is 0. The number of nitrogens with zero attached hydrogens (tertiary/aromatic N) is 6. The molecule has 9 heteroatoms. The molecule has 23 heavy (non-hydrogen) atoms. The van der Waals surface area contributed by atoms with Crippen LogP contribution >= 0.6 is 20.7 Å². The third-order valence-corrected chi connectivity index (χ3v) is 4.48. The van der Waals surface area contributed by atoms with Gasteiger partial charge in [-0.1, -0.05) is 12.1 Å². The Morgan fingerprint density at radius 2 is 1.65 bits per heavy atom. The molecule has 0 aliphatic rings. The van der Waals surface area contributed by atoms with E-state index < -0.39 is 0 Å². The van der Waals surface area contributed by atoms with Crippen molar-refractivity contribution in [3.63, 3.8) is 0 Å². The van der Waals surface area contributed by atoms with E-state index in [0.29, 0.717) is 16.2 Å². The molecule has 0 aliphatic heterocycles. The molecule has 3 aromatic rings. The molecule has 114 valence electrons. The molecule has 0 unspecified atom stereocenters. The average Bonchev–Trinajstić information content (AvgIpc) is 2.95. The fourth-order valence-electron chi connectivity index (χ4n) is 1.54. The van der Waals surface area contributed by atoms with Crippen molar-refractivity contribution < 1.29 is 0 Å². The molecule has 0 bridgehead atoms. The van der Waals surface area contributed by atoms with Crippen molar-refractivity contribution in [1.29, 1.82) is 0 Å². The van der Waals surface area contributed by atoms with E-state index in [4.69, 9.17) is 0 Å². The summed E-state index contributed by atoms with van der Waals surface area (Å²) in [5.41, 5.74) is 1.33. The summed E-state index contributed by atoms with van der Waals surface area (Å²) in [6, 6.07) is 10.9. The first-order valence-corrected chi connectivity index (χ1v) is 8.63. The maximum atomic E-state index is 11.8. The zero-order valence-corrected chi connectivity index (χ0v) is 13.3. The molecule has 0 saturated heterocycles. The molecule has 0 aliphatic carbocycles. The maximum Gasteiger partial charge on any atom is 0.340 e. The summed E-state index contributed by atoms with van der Waals surface area (Å²) in [5, 5.41) is 12.1. The molecular formula is C14H10N6OS2. The van der Waals surface area contributed by atoms with Crippen LogP contribution in [0.3, 0.4) is 0 Å². The average molecular weight is 342 g/mol. The Balaban J connectivity index is 1.87. The van der Waals surface area contributed by atoms with E-state index >= 15 is 0 Å². The van der Waals surface area contributed by atoms with Crippen LogP contribution in [0.1, 0.15) is 11.4 Å². The number of hydrogen-bond acceptors (Lipinski definition) is 8. The van der Waals surface area contributed by atoms with Crippen LogP contribution in [0.15, 0.2) is 68.9 Å². The fraction of sp³-hybridized carbons (Fsp3) is 0. The molecule has 7 nitrogen and oxygen atoms in total. The largest absolute Gasteiger partial charge is 0.340 e. The Labute approximate surface area is 138 Å². The van der Waals surface area contributed by atoms with E-state index in [-0.39, 0.29) is 4.87 Å². The minimum Gasteiger partial charge on any atom is -0.255 e. The van der Waals surface area contributed by atoms with Gasteiger partial charge in [0.15, 0.2) is 0 Å². The van der Waals surface area contributed by atoms with Crippen molar-refractivity contribution in [2.75, 3.05) is 0 Å². The minimum atomic E-state index is -0.228. The Kier molecular flexibility index (Phi) is 4.92. The molecule has 0 atom stereocenters. The van der Waals surface area contributed by atoms with Gasteiger partial charge in [-0.15, -0.1) is 5.10 Å². The Bertz CT molecular complexity index is 940. The van der Waals surface area contributed by atoms with Crippen LogP contribution in [0, 0.1) is 0 Å². The number of rotatable bonds is 4. The SMILES string of the molecule is O=c1ss/c(=N\N=C\c2ccccn2)n1/N=C/c1ccccn1. The summed E-state index contributed by atoms with van der Waals surface area (Å²) < 4.78 is 1.19. The third kappa shape index (κ3) is 4.11. The predicted molar refractivity (Wildman–Crippen MR) is 91.1 cm³/mol. The summed E-state index contributed by atoms with van der Waals surface area (Å²) in [6.07, 6.45) is 6.34. The van der Waals surface area contributed by atoms with Gasteiger partial charge in [0, 0.05) is 12.4 Å². The van der Waals surface area contributed by atoms with E-state index in [9.17, 15) is 4.79 Å². The normalized spacial score (nSPS) is 12.4. The summed E-state index contributed by atoms with van der Waals surface area (Å²) in [7, 11) is 2.25. The molecule has 0 fully saturated rings. The highest BCUT2D eigenvalue weighted by Crippen LogP contribution is 1.94. The lowest BCUT2D eigenvalue weighted by Gasteiger charge is -1.91. The van der Waals surface area contributed by atoms with Gasteiger partial charge in [0.1, 0.15) is 0 Å². The van der Waals surface area contributed by atoms with Crippen LogP contribution in [0.25, 0.3) is 0 Å². The highest BCUT2D eigenvalue weighted by Gasteiger charge is 2.00. The molecule has 0 saturated carbocycles. The molecule has 3 rings (SSSR count). The lowest BCUT2D eigenvalue weighted by atomic mass is 10.4. The molecule has 0 N–H and O–H groups in total. The molecule has 0 amide bonds. The van der Waals surface area contributed by atoms with E-state index in [0.717, 1.165) is 10.3 Å². The quantitative estimate of drug-likeness (QED) is 0.410. The lowest BCUT2D eigenvalue weighted by Crippen LogP contribution is -2.20. The summed E-state index contributed by atoms with van der Waals surface area (Å²) in [6.45, 7) is 0. The summed E-state index contributed by atoms with van der Waals surface area (Å²) in [5.74, 6) is 0. The van der Waals surface area contributed by atoms with Gasteiger partial charge in [-0.2, -0.15) is 14.9 Å². The molecule has 3 heterocycles. The molecule has 3 aromatic heterocycles. The first kappa shape index (κ1) is 15.1. The molecule has 0 spiro atoms. The smallest absolute Gasteiger partial charge is 0.255 e. The Morgan fingerprint density at radius 1 is 0.957 bits per heavy atom. The standard InChI is InChI=1S/C14H10N6OS2/c21-14-20(18-10-12-6-2-4-8-16-12)13(22-23-14)19-17-9-11-5-1-3-7-15-11/h1-10H/b17-9+,18-10+,19-13-. The highest BCUT2D eigenvalue weighted by atomic mass is 32.9. The van der Waals surface area contributed by atoms with Gasteiger partial charge in [0.25, 0.3) is 0 Å². The fourth-order valence-corrected chi connectivity index (χ4v) is 3.19. The molecular weight excluding hydrogens is 332 g/mol. The van der Waals surface area contributed by atoms with E-state index in [1.54, 1.807) is 18.5 Å². The van der Waals surface area contributed by atoms with Crippen molar-refractivity contribution >= 4 is 33.1 Å². The van der Waals surface area contributed by atoms with Crippen molar-refractivity contribution in [1.82, 2.24) is 14.6 Å². The highest BCUT2D eigenvalue weighted by molar-refractivity contribution is 7.67.